The number of carbonyl (C=O) groups is 1. The molecule has 0 unspecified atom stereocenters. The summed E-state index contributed by atoms with van der Waals surface area (Å²) in [6.45, 7) is 3.18. The zero-order chi connectivity index (χ0) is 20.5. The van der Waals surface area contributed by atoms with E-state index in [0.717, 1.165) is 23.3 Å². The number of hydrogen-bond acceptors (Lipinski definition) is 5. The summed E-state index contributed by atoms with van der Waals surface area (Å²) in [5, 5.41) is 6.72. The van der Waals surface area contributed by atoms with Crippen molar-refractivity contribution in [3.05, 3.63) is 71.7 Å². The van der Waals surface area contributed by atoms with Crippen molar-refractivity contribution in [3.63, 3.8) is 0 Å². The topological polar surface area (TPSA) is 73.6 Å². The van der Waals surface area contributed by atoms with Crippen molar-refractivity contribution < 1.29 is 23.2 Å². The van der Waals surface area contributed by atoms with Gasteiger partial charge in [0.05, 0.1) is 13.2 Å². The summed E-state index contributed by atoms with van der Waals surface area (Å²) in [4.78, 5) is 11.9. The monoisotopic (exact) mass is 398 g/mol. The second kappa shape index (κ2) is 10.4. The molecule has 2 aromatic carbocycles. The molecule has 29 heavy (non-hydrogen) atoms. The van der Waals surface area contributed by atoms with Crippen molar-refractivity contribution in [1.29, 1.82) is 0 Å². The average Bonchev–Trinajstić information content (AvgIpc) is 3.19. The van der Waals surface area contributed by atoms with Crippen LogP contribution in [0.1, 0.15) is 18.2 Å². The number of aromatic nitrogens is 1. The first kappa shape index (κ1) is 20.5. The molecular weight excluding hydrogens is 375 g/mol. The molecule has 0 atom stereocenters. The minimum absolute atomic E-state index is 0.0674. The van der Waals surface area contributed by atoms with Gasteiger partial charge in [-0.3, -0.25) is 4.79 Å². The summed E-state index contributed by atoms with van der Waals surface area (Å²) in [6, 6.07) is 15.4. The number of ether oxygens (including phenoxy) is 2. The molecule has 0 aliphatic carbocycles. The smallest absolute Gasteiger partial charge is 0.246 e. The Morgan fingerprint density at radius 2 is 1.90 bits per heavy atom. The van der Waals surface area contributed by atoms with Crippen LogP contribution in [-0.2, 0) is 22.6 Å². The van der Waals surface area contributed by atoms with E-state index >= 15 is 0 Å². The van der Waals surface area contributed by atoms with Gasteiger partial charge in [-0.2, -0.15) is 0 Å². The molecule has 0 saturated heterocycles. The van der Waals surface area contributed by atoms with Crippen LogP contribution in [-0.4, -0.2) is 30.8 Å². The Labute approximate surface area is 168 Å². The fourth-order valence-corrected chi connectivity index (χ4v) is 2.69. The number of nitrogens with zero attached hydrogens (tertiary/aromatic N) is 1. The lowest BCUT2D eigenvalue weighted by Gasteiger charge is -2.07. The van der Waals surface area contributed by atoms with Crippen LogP contribution >= 0.6 is 0 Å². The van der Waals surface area contributed by atoms with Gasteiger partial charge in [-0.25, -0.2) is 4.39 Å². The molecule has 152 valence electrons. The van der Waals surface area contributed by atoms with E-state index in [0.29, 0.717) is 24.6 Å². The van der Waals surface area contributed by atoms with E-state index < -0.39 is 0 Å². The molecule has 0 spiro atoms. The fraction of sp³-hybridized carbons (Fsp3) is 0.273. The Bertz CT molecular complexity index is 907. The van der Waals surface area contributed by atoms with Crippen molar-refractivity contribution in [2.24, 2.45) is 0 Å². The largest absolute Gasteiger partial charge is 0.494 e. The highest BCUT2D eigenvalue weighted by atomic mass is 19.1. The van der Waals surface area contributed by atoms with E-state index in [2.05, 4.69) is 10.5 Å². The third-order valence-electron chi connectivity index (χ3n) is 4.14. The van der Waals surface area contributed by atoms with E-state index in [-0.39, 0.29) is 24.9 Å². The summed E-state index contributed by atoms with van der Waals surface area (Å²) >= 11 is 0. The van der Waals surface area contributed by atoms with Gasteiger partial charge in [-0.15, -0.1) is 0 Å². The number of hydrogen-bond donors (Lipinski definition) is 1. The predicted molar refractivity (Wildman–Crippen MR) is 106 cm³/mol. The average molecular weight is 398 g/mol. The van der Waals surface area contributed by atoms with Gasteiger partial charge in [0, 0.05) is 18.2 Å². The summed E-state index contributed by atoms with van der Waals surface area (Å²) in [5.74, 6) is 0.844. The maximum atomic E-state index is 13.0. The third-order valence-corrected chi connectivity index (χ3v) is 4.14. The van der Waals surface area contributed by atoms with Gasteiger partial charge in [-0.1, -0.05) is 17.3 Å². The minimum atomic E-state index is -0.314. The molecule has 6 nitrogen and oxygen atoms in total. The van der Waals surface area contributed by atoms with Crippen molar-refractivity contribution in [2.45, 2.75) is 20.0 Å². The Kier molecular flexibility index (Phi) is 7.35. The molecule has 1 aromatic heterocycles. The van der Waals surface area contributed by atoms with E-state index in [4.69, 9.17) is 14.0 Å². The lowest BCUT2D eigenvalue weighted by atomic mass is 10.1. The first-order chi connectivity index (χ1) is 14.1. The van der Waals surface area contributed by atoms with Gasteiger partial charge in [0.15, 0.2) is 5.76 Å². The summed E-state index contributed by atoms with van der Waals surface area (Å²) in [7, 11) is 0. The molecule has 7 heteroatoms. The second-order valence-corrected chi connectivity index (χ2v) is 6.36. The fourth-order valence-electron chi connectivity index (χ4n) is 2.69. The van der Waals surface area contributed by atoms with Gasteiger partial charge in [-0.05, 0) is 55.3 Å². The molecule has 0 saturated carbocycles. The first-order valence-corrected chi connectivity index (χ1v) is 9.41. The molecule has 1 heterocycles. The molecule has 0 bridgehead atoms. The van der Waals surface area contributed by atoms with Gasteiger partial charge >= 0.3 is 0 Å². The van der Waals surface area contributed by atoms with Crippen LogP contribution in [0, 0.1) is 5.82 Å². The molecule has 1 N–H and O–H groups in total. The normalized spacial score (nSPS) is 10.7. The molecule has 3 aromatic rings. The van der Waals surface area contributed by atoms with Crippen LogP contribution in [0.15, 0.2) is 59.1 Å². The standard InChI is InChI=1S/C22H23FN2O4/c1-2-28-20-9-3-16(4-10-20)11-12-24-22(26)15-27-14-19-13-21(29-25-19)17-5-7-18(23)8-6-17/h3-10,13H,2,11-12,14-15H2,1H3,(H,24,26). The quantitative estimate of drug-likeness (QED) is 0.563. The zero-order valence-electron chi connectivity index (χ0n) is 16.2. The Balaban J connectivity index is 1.35. The van der Waals surface area contributed by atoms with Gasteiger partial charge < -0.3 is 19.3 Å². The molecule has 0 aliphatic heterocycles. The first-order valence-electron chi connectivity index (χ1n) is 9.41. The highest BCUT2D eigenvalue weighted by Gasteiger charge is 2.08. The molecular formula is C22H23FN2O4. The van der Waals surface area contributed by atoms with Crippen LogP contribution in [0.25, 0.3) is 11.3 Å². The van der Waals surface area contributed by atoms with Crippen LogP contribution in [0.3, 0.4) is 0 Å². The summed E-state index contributed by atoms with van der Waals surface area (Å²) in [6.07, 6.45) is 0.725. The molecule has 0 aliphatic rings. The maximum absolute atomic E-state index is 13.0. The summed E-state index contributed by atoms with van der Waals surface area (Å²) in [5.41, 5.74) is 2.40. The number of carbonyl (C=O) groups excluding carboxylic acids is 1. The SMILES string of the molecule is CCOc1ccc(CCNC(=O)COCc2cc(-c3ccc(F)cc3)on2)cc1. The van der Waals surface area contributed by atoms with Crippen molar-refractivity contribution >= 4 is 5.91 Å². The van der Waals surface area contributed by atoms with Crippen molar-refractivity contribution in [1.82, 2.24) is 10.5 Å². The van der Waals surface area contributed by atoms with Gasteiger partial charge in [0.2, 0.25) is 5.91 Å². The Hall–Kier alpha value is -3.19. The van der Waals surface area contributed by atoms with Crippen molar-refractivity contribution in [2.75, 3.05) is 19.8 Å². The molecule has 0 radical (unpaired) electrons. The summed E-state index contributed by atoms with van der Waals surface area (Å²) < 4.78 is 29.0. The predicted octanol–water partition coefficient (Wildman–Crippen LogP) is 3.75. The molecule has 1 amide bonds. The zero-order valence-corrected chi connectivity index (χ0v) is 16.2. The van der Waals surface area contributed by atoms with Crippen LogP contribution < -0.4 is 10.1 Å². The number of benzene rings is 2. The highest BCUT2D eigenvalue weighted by molar-refractivity contribution is 5.77. The Morgan fingerprint density at radius 1 is 1.14 bits per heavy atom. The lowest BCUT2D eigenvalue weighted by molar-refractivity contribution is -0.126. The lowest BCUT2D eigenvalue weighted by Crippen LogP contribution is -2.29. The second-order valence-electron chi connectivity index (χ2n) is 6.36. The van der Waals surface area contributed by atoms with Crippen molar-refractivity contribution in [3.8, 4) is 17.1 Å². The number of nitrogens with one attached hydrogen (secondary N) is 1. The van der Waals surface area contributed by atoms with Gasteiger partial charge in [0.25, 0.3) is 0 Å². The number of rotatable bonds is 10. The third kappa shape index (κ3) is 6.43. The van der Waals surface area contributed by atoms with Crippen LogP contribution in [0.4, 0.5) is 4.39 Å². The highest BCUT2D eigenvalue weighted by Crippen LogP contribution is 2.20. The minimum Gasteiger partial charge on any atom is -0.494 e. The molecule has 3 rings (SSSR count). The Morgan fingerprint density at radius 3 is 2.62 bits per heavy atom. The van der Waals surface area contributed by atoms with E-state index in [9.17, 15) is 9.18 Å². The van der Waals surface area contributed by atoms with Crippen LogP contribution in [0.2, 0.25) is 0 Å². The number of amides is 1. The van der Waals surface area contributed by atoms with Crippen LogP contribution in [0.5, 0.6) is 5.75 Å². The number of halogens is 1. The maximum Gasteiger partial charge on any atom is 0.246 e. The van der Waals surface area contributed by atoms with E-state index in [1.54, 1.807) is 18.2 Å². The van der Waals surface area contributed by atoms with E-state index in [1.165, 1.54) is 12.1 Å². The van der Waals surface area contributed by atoms with E-state index in [1.807, 2.05) is 31.2 Å². The molecule has 0 fully saturated rings. The van der Waals surface area contributed by atoms with Gasteiger partial charge in [0.1, 0.15) is 23.9 Å².